The Kier molecular flexibility index (Phi) is 19.9. The number of nitrogens with one attached hydrogen (secondary N) is 2. The SMILES string of the molecule is NCCC(=O)N(CCC(=O)NCCCC[C@@H](C(N)=O)C1SS1)CCN(CCC(=O)NCCCC[C@@H](C(N)=O)C1SS1)C(=O)CCN. The summed E-state index contributed by atoms with van der Waals surface area (Å²) in [5.41, 5.74) is 22.2. The van der Waals surface area contributed by atoms with E-state index >= 15 is 0 Å². The highest BCUT2D eigenvalue weighted by Gasteiger charge is 2.37. The van der Waals surface area contributed by atoms with Crippen LogP contribution in [0.25, 0.3) is 0 Å². The summed E-state index contributed by atoms with van der Waals surface area (Å²) in [7, 11) is 6.63. The summed E-state index contributed by atoms with van der Waals surface area (Å²) in [5, 5.41) is 5.72. The van der Waals surface area contributed by atoms with Gasteiger partial charge in [-0.25, -0.2) is 0 Å². The Bertz CT molecular complexity index is 942. The van der Waals surface area contributed by atoms with E-state index in [4.69, 9.17) is 22.9 Å². The predicted octanol–water partition coefficient (Wildman–Crippen LogP) is 0.340. The summed E-state index contributed by atoms with van der Waals surface area (Å²) in [6.07, 6.45) is 4.76. The fourth-order valence-corrected chi connectivity index (χ4v) is 8.51. The second-order valence-electron chi connectivity index (χ2n) is 11.2. The Hall–Kier alpha value is -1.86. The smallest absolute Gasteiger partial charge is 0.223 e. The van der Waals surface area contributed by atoms with Crippen molar-refractivity contribution in [1.29, 1.82) is 0 Å². The molecule has 0 spiro atoms. The van der Waals surface area contributed by atoms with Crippen molar-refractivity contribution in [3.05, 3.63) is 0 Å². The molecule has 0 saturated carbocycles. The van der Waals surface area contributed by atoms with E-state index in [1.54, 1.807) is 43.2 Å². The Labute approximate surface area is 287 Å². The number of unbranched alkanes of at least 4 members (excludes halogenated alkanes) is 2. The molecule has 0 aromatic carbocycles. The number of carbonyl (C=O) groups is 6. The molecule has 18 heteroatoms. The van der Waals surface area contributed by atoms with Crippen molar-refractivity contribution in [2.45, 2.75) is 73.4 Å². The molecule has 2 aliphatic heterocycles. The zero-order chi connectivity index (χ0) is 33.9. The minimum atomic E-state index is -0.286. The number of nitrogens with zero attached hydrogens (tertiary/aromatic N) is 2. The van der Waals surface area contributed by atoms with E-state index in [1.807, 2.05) is 0 Å². The first-order chi connectivity index (χ1) is 22.1. The molecule has 0 aromatic rings. The van der Waals surface area contributed by atoms with Gasteiger partial charge in [0.2, 0.25) is 35.4 Å². The van der Waals surface area contributed by atoms with Crippen LogP contribution < -0.4 is 33.6 Å². The lowest BCUT2D eigenvalue weighted by Gasteiger charge is -2.28. The van der Waals surface area contributed by atoms with Gasteiger partial charge in [0.25, 0.3) is 0 Å². The molecule has 0 radical (unpaired) electrons. The number of nitrogens with two attached hydrogens (primary N) is 4. The zero-order valence-corrected chi connectivity index (χ0v) is 29.6. The Balaban J connectivity index is 1.73. The van der Waals surface area contributed by atoms with Gasteiger partial charge in [-0.05, 0) is 25.7 Å². The Morgan fingerprint density at radius 1 is 0.565 bits per heavy atom. The predicted molar refractivity (Wildman–Crippen MR) is 187 cm³/mol. The van der Waals surface area contributed by atoms with Crippen LogP contribution in [0.15, 0.2) is 0 Å². The van der Waals surface area contributed by atoms with Crippen LogP contribution in [0.3, 0.4) is 0 Å². The van der Waals surface area contributed by atoms with Crippen molar-refractivity contribution in [2.24, 2.45) is 34.8 Å². The van der Waals surface area contributed by atoms with Gasteiger partial charge in [-0.15, -0.1) is 0 Å². The summed E-state index contributed by atoms with van der Waals surface area (Å²) < 4.78 is 0.496. The van der Waals surface area contributed by atoms with E-state index in [1.165, 1.54) is 9.80 Å². The van der Waals surface area contributed by atoms with Crippen LogP contribution in [0.2, 0.25) is 0 Å². The molecule has 2 aliphatic rings. The minimum absolute atomic E-state index is 0.0905. The maximum absolute atomic E-state index is 12.8. The summed E-state index contributed by atoms with van der Waals surface area (Å²) >= 11 is 0. The third-order valence-corrected chi connectivity index (χ3v) is 12.2. The molecule has 2 rings (SSSR count). The van der Waals surface area contributed by atoms with Gasteiger partial charge >= 0.3 is 0 Å². The molecule has 10 N–H and O–H groups in total. The fourth-order valence-electron chi connectivity index (χ4n) is 4.77. The molecule has 0 aromatic heterocycles. The van der Waals surface area contributed by atoms with Crippen molar-refractivity contribution in [1.82, 2.24) is 20.4 Å². The molecule has 262 valence electrons. The summed E-state index contributed by atoms with van der Waals surface area (Å²) in [4.78, 5) is 76.7. The van der Waals surface area contributed by atoms with E-state index < -0.39 is 0 Å². The second-order valence-corrected chi connectivity index (χ2v) is 16.9. The standard InChI is InChI=1S/C28H50N8O6S4/c29-11-7-23(39)35(15-9-21(37)33-13-3-1-5-19(25(31)41)27-43-44-27)17-18-36(24(40)8-12-30)16-10-22(38)34-14-4-2-6-20(26(32)42)28-45-46-28/h19-20,27-28H,1-18,29-30H2,(H2,31,41)(H2,32,42)(H,33,37)(H,34,38)/t19-,20-/m0/s1. The van der Waals surface area contributed by atoms with E-state index in [0.717, 1.165) is 12.8 Å². The highest BCUT2D eigenvalue weighted by molar-refractivity contribution is 8.93. The molecule has 6 amide bonds. The molecule has 2 atom stereocenters. The maximum atomic E-state index is 12.8. The van der Waals surface area contributed by atoms with E-state index in [9.17, 15) is 28.8 Å². The summed E-state index contributed by atoms with van der Waals surface area (Å²) in [5.74, 6) is -1.71. The van der Waals surface area contributed by atoms with Crippen LogP contribution in [-0.2, 0) is 28.8 Å². The largest absolute Gasteiger partial charge is 0.369 e. The molecule has 0 unspecified atom stereocenters. The van der Waals surface area contributed by atoms with Gasteiger partial charge in [0.15, 0.2) is 0 Å². The van der Waals surface area contributed by atoms with Crippen molar-refractivity contribution < 1.29 is 28.8 Å². The topological polar surface area (TPSA) is 237 Å². The van der Waals surface area contributed by atoms with Gasteiger partial charge in [-0.2, -0.15) is 0 Å². The van der Waals surface area contributed by atoms with E-state index in [0.29, 0.717) is 38.8 Å². The molecular weight excluding hydrogens is 673 g/mol. The van der Waals surface area contributed by atoms with Gasteiger partial charge in [0.1, 0.15) is 0 Å². The second kappa shape index (κ2) is 22.7. The average molecular weight is 723 g/mol. The number of rotatable bonds is 27. The molecule has 0 bridgehead atoms. The first-order valence-electron chi connectivity index (χ1n) is 15.8. The molecule has 46 heavy (non-hydrogen) atoms. The van der Waals surface area contributed by atoms with Crippen LogP contribution in [0.1, 0.15) is 64.2 Å². The van der Waals surface area contributed by atoms with Gasteiger partial charge in [-0.1, -0.05) is 56.0 Å². The lowest BCUT2D eigenvalue weighted by Crippen LogP contribution is -2.44. The fraction of sp³-hybridized carbons (Fsp3) is 0.786. The monoisotopic (exact) mass is 722 g/mol. The highest BCUT2D eigenvalue weighted by atomic mass is 33.2. The molecule has 14 nitrogen and oxygen atoms in total. The van der Waals surface area contributed by atoms with Gasteiger partial charge < -0.3 is 43.4 Å². The number of primary amides is 2. The lowest BCUT2D eigenvalue weighted by molar-refractivity contribution is -0.136. The third kappa shape index (κ3) is 16.8. The minimum Gasteiger partial charge on any atom is -0.369 e. The molecular formula is C28H50N8O6S4. The van der Waals surface area contributed by atoms with E-state index in [2.05, 4.69) is 10.6 Å². The van der Waals surface area contributed by atoms with Gasteiger partial charge in [0, 0.05) is 78.0 Å². The van der Waals surface area contributed by atoms with Crippen molar-refractivity contribution in [2.75, 3.05) is 52.4 Å². The van der Waals surface area contributed by atoms with Crippen molar-refractivity contribution in [3.8, 4) is 0 Å². The van der Waals surface area contributed by atoms with Gasteiger partial charge in [0.05, 0.1) is 21.0 Å². The number of hydrogen-bond acceptors (Lipinski definition) is 12. The Morgan fingerprint density at radius 3 is 1.24 bits per heavy atom. The van der Waals surface area contributed by atoms with Crippen molar-refractivity contribution in [3.63, 3.8) is 0 Å². The number of amides is 6. The zero-order valence-electron chi connectivity index (χ0n) is 26.3. The number of carbonyl (C=O) groups excluding carboxylic acids is 6. The van der Waals surface area contributed by atoms with Crippen LogP contribution in [0.5, 0.6) is 0 Å². The Morgan fingerprint density at radius 2 is 0.935 bits per heavy atom. The molecule has 0 aliphatic carbocycles. The lowest BCUT2D eigenvalue weighted by atomic mass is 10.0. The highest BCUT2D eigenvalue weighted by Crippen LogP contribution is 2.58. The normalized spacial score (nSPS) is 15.4. The van der Waals surface area contributed by atoms with Crippen LogP contribution in [-0.4, -0.2) is 107 Å². The molecule has 2 fully saturated rings. The molecule has 2 saturated heterocycles. The van der Waals surface area contributed by atoms with Crippen molar-refractivity contribution >= 4 is 78.6 Å². The first kappa shape index (κ1) is 40.3. The average Bonchev–Trinajstić information content (AvgIpc) is 3.93. The maximum Gasteiger partial charge on any atom is 0.223 e. The molecule has 2 heterocycles. The third-order valence-electron chi connectivity index (χ3n) is 7.61. The first-order valence-corrected chi connectivity index (χ1v) is 20.3. The summed E-state index contributed by atoms with van der Waals surface area (Å²) in [6.45, 7) is 1.94. The number of hydrogen-bond donors (Lipinski definition) is 6. The van der Waals surface area contributed by atoms with E-state index in [-0.39, 0.29) is 121 Å². The van der Waals surface area contributed by atoms with Gasteiger partial charge in [-0.3, -0.25) is 28.8 Å². The quantitative estimate of drug-likeness (QED) is 0.0383. The summed E-state index contributed by atoms with van der Waals surface area (Å²) in [6, 6.07) is 0. The van der Waals surface area contributed by atoms with Crippen LogP contribution >= 0.6 is 43.2 Å². The van der Waals surface area contributed by atoms with Crippen LogP contribution in [0.4, 0.5) is 0 Å². The van der Waals surface area contributed by atoms with Crippen LogP contribution in [0, 0.1) is 11.8 Å².